The molecule has 2 unspecified atom stereocenters. The van der Waals surface area contributed by atoms with Crippen LogP contribution >= 0.6 is 11.6 Å². The molecule has 0 N–H and O–H groups in total. The second-order valence-electron chi connectivity index (χ2n) is 10.5. The van der Waals surface area contributed by atoms with Crippen molar-refractivity contribution in [1.29, 1.82) is 0 Å². The average molecular weight is 555 g/mol. The first-order valence-electron chi connectivity index (χ1n) is 14.7. The van der Waals surface area contributed by atoms with Crippen molar-refractivity contribution in [3.8, 4) is 0 Å². The zero-order valence-corrected chi connectivity index (χ0v) is 27.8. The predicted octanol–water partition coefficient (Wildman–Crippen LogP) is 11.5. The summed E-state index contributed by atoms with van der Waals surface area (Å²) in [4.78, 5) is 0. The van der Waals surface area contributed by atoms with Crippen LogP contribution in [0.1, 0.15) is 134 Å². The van der Waals surface area contributed by atoms with Gasteiger partial charge in [0.25, 0.3) is 0 Å². The van der Waals surface area contributed by atoms with Crippen molar-refractivity contribution in [2.75, 3.05) is 0 Å². The van der Waals surface area contributed by atoms with Crippen LogP contribution in [0.5, 0.6) is 0 Å². The van der Waals surface area contributed by atoms with Crippen LogP contribution in [0.3, 0.4) is 0 Å². The lowest BCUT2D eigenvalue weighted by Crippen LogP contribution is -2.32. The summed E-state index contributed by atoms with van der Waals surface area (Å²) in [6, 6.07) is 0. The second-order valence-corrected chi connectivity index (χ2v) is 13.8. The molecule has 2 nitrogen and oxygen atoms in total. The van der Waals surface area contributed by atoms with Gasteiger partial charge in [-0.05, 0) is 95.5 Å². The predicted molar refractivity (Wildman–Crippen MR) is 170 cm³/mol. The number of allylic oxidation sites excluding steroid dienone is 7. The van der Waals surface area contributed by atoms with Crippen LogP contribution in [0.4, 0.5) is 0 Å². The minimum atomic E-state index is -3.48. The van der Waals surface area contributed by atoms with Gasteiger partial charge in [0.15, 0.2) is 9.84 Å². The van der Waals surface area contributed by atoms with Gasteiger partial charge in [-0.2, -0.15) is 0 Å². The molecule has 0 spiro atoms. The molecule has 0 saturated heterocycles. The van der Waals surface area contributed by atoms with E-state index in [0.717, 1.165) is 38.5 Å². The normalized spacial score (nSPS) is 24.7. The van der Waals surface area contributed by atoms with Crippen LogP contribution in [0.15, 0.2) is 58.0 Å². The lowest BCUT2D eigenvalue weighted by atomic mass is 9.61. The molecule has 0 aromatic heterocycles. The van der Waals surface area contributed by atoms with Crippen molar-refractivity contribution >= 4 is 21.4 Å². The van der Waals surface area contributed by atoms with E-state index in [2.05, 4.69) is 39.2 Å². The smallest absolute Gasteiger partial charge is 0.193 e. The largest absolute Gasteiger partial charge is 0.222 e. The van der Waals surface area contributed by atoms with E-state index in [1.807, 2.05) is 41.5 Å². The van der Waals surface area contributed by atoms with Crippen LogP contribution < -0.4 is 0 Å². The molecule has 4 heteroatoms. The van der Waals surface area contributed by atoms with Crippen LogP contribution in [0, 0.1) is 11.3 Å². The Morgan fingerprint density at radius 3 is 2.05 bits per heavy atom. The highest BCUT2D eigenvalue weighted by Crippen LogP contribution is 2.49. The summed E-state index contributed by atoms with van der Waals surface area (Å²) in [5, 5.41) is 0. The molecule has 2 aliphatic carbocycles. The van der Waals surface area contributed by atoms with E-state index in [4.69, 9.17) is 11.6 Å². The molecule has 0 aromatic carbocycles. The van der Waals surface area contributed by atoms with Crippen LogP contribution in [-0.2, 0) is 9.84 Å². The number of sulfone groups is 1. The van der Waals surface area contributed by atoms with Crippen LogP contribution in [0.25, 0.3) is 0 Å². The molecule has 0 bridgehead atoms. The highest BCUT2D eigenvalue weighted by molar-refractivity contribution is 7.98. The Labute approximate surface area is 237 Å². The number of hydrogen-bond acceptors (Lipinski definition) is 2. The zero-order valence-electron chi connectivity index (χ0n) is 26.2. The Balaban J connectivity index is 0. The van der Waals surface area contributed by atoms with Crippen LogP contribution in [-0.4, -0.2) is 13.2 Å². The van der Waals surface area contributed by atoms with Gasteiger partial charge in [-0.3, -0.25) is 0 Å². The van der Waals surface area contributed by atoms with Crippen molar-refractivity contribution in [2.45, 2.75) is 139 Å². The molecular weight excluding hydrogens is 496 g/mol. The fraction of sp³-hybridized carbons (Fsp3) is 0.697. The molecule has 0 heterocycles. The molecule has 2 fully saturated rings. The van der Waals surface area contributed by atoms with Gasteiger partial charge in [-0.1, -0.05) is 115 Å². The summed E-state index contributed by atoms with van der Waals surface area (Å²) in [5.41, 5.74) is 5.42. The molecule has 2 atom stereocenters. The van der Waals surface area contributed by atoms with Gasteiger partial charge in [-0.15, -0.1) is 0 Å². The van der Waals surface area contributed by atoms with E-state index >= 15 is 0 Å². The summed E-state index contributed by atoms with van der Waals surface area (Å²) < 4.78 is 24.0. The summed E-state index contributed by atoms with van der Waals surface area (Å²) in [6.07, 6.45) is 15.9. The third-order valence-corrected chi connectivity index (χ3v) is 10.5. The van der Waals surface area contributed by atoms with Gasteiger partial charge < -0.3 is 0 Å². The fourth-order valence-corrected chi connectivity index (χ4v) is 6.39. The average Bonchev–Trinajstić information content (AvgIpc) is 2.88. The third-order valence-electron chi connectivity index (χ3n) is 7.42. The van der Waals surface area contributed by atoms with Gasteiger partial charge in [0.2, 0.25) is 0 Å². The zero-order chi connectivity index (χ0) is 29.4. The molecule has 2 rings (SSSR count). The molecule has 216 valence electrons. The van der Waals surface area contributed by atoms with E-state index in [1.54, 1.807) is 26.8 Å². The SMILES string of the molecule is C=C1CCCC/C1=C/C=C1\CCCC(C)(C(=C)CC/C=C(/Cl)S(=O)(=O)C(C)(C)C)C1C.CC.CC.CC. The van der Waals surface area contributed by atoms with Crippen molar-refractivity contribution in [3.05, 3.63) is 58.0 Å². The summed E-state index contributed by atoms with van der Waals surface area (Å²) in [6.45, 7) is 30.3. The van der Waals surface area contributed by atoms with Crippen molar-refractivity contribution in [1.82, 2.24) is 0 Å². The Hall–Kier alpha value is -1.06. The van der Waals surface area contributed by atoms with Crippen molar-refractivity contribution in [3.63, 3.8) is 0 Å². The fourth-order valence-electron chi connectivity index (χ4n) is 4.66. The molecule has 2 saturated carbocycles. The first kappa shape index (κ1) is 38.1. The van der Waals surface area contributed by atoms with Gasteiger partial charge >= 0.3 is 0 Å². The number of halogens is 1. The summed E-state index contributed by atoms with van der Waals surface area (Å²) in [5.74, 6) is 0.417. The minimum Gasteiger partial charge on any atom is -0.222 e. The van der Waals surface area contributed by atoms with Gasteiger partial charge in [0.05, 0.1) is 4.75 Å². The number of hydrogen-bond donors (Lipinski definition) is 0. The Morgan fingerprint density at radius 2 is 1.54 bits per heavy atom. The Bertz CT molecular complexity index is 897. The molecule has 0 aromatic rings. The first-order chi connectivity index (χ1) is 17.3. The Kier molecular flexibility index (Phi) is 18.8. The highest BCUT2D eigenvalue weighted by Gasteiger charge is 2.38. The summed E-state index contributed by atoms with van der Waals surface area (Å²) >= 11 is 6.16. The van der Waals surface area contributed by atoms with Gasteiger partial charge in [0, 0.05) is 0 Å². The highest BCUT2D eigenvalue weighted by atomic mass is 35.5. The molecule has 0 radical (unpaired) electrons. The topological polar surface area (TPSA) is 34.1 Å². The monoisotopic (exact) mass is 554 g/mol. The lowest BCUT2D eigenvalue weighted by molar-refractivity contribution is 0.222. The Morgan fingerprint density at radius 1 is 1.00 bits per heavy atom. The quantitative estimate of drug-likeness (QED) is 0.306. The minimum absolute atomic E-state index is 0.0232. The standard InChI is InChI=1S/C27H41ClO2S.3C2H6/c1-20-12-8-9-14-23(20)17-18-24-15-11-19-27(7,22(24)3)21(2)13-10-16-25(28)31(29,30)26(4,5)6;3*1-2/h16-18,22H,1-2,8-15,19H2,3-7H3;3*1-2H3/b23-17-,24-18+,25-16-;;;. The van der Waals surface area contributed by atoms with E-state index in [9.17, 15) is 8.42 Å². The van der Waals surface area contributed by atoms with Crippen molar-refractivity contribution in [2.24, 2.45) is 11.3 Å². The van der Waals surface area contributed by atoms with Crippen molar-refractivity contribution < 1.29 is 8.42 Å². The maximum absolute atomic E-state index is 12.5. The molecular formula is C33H59ClO2S. The lowest BCUT2D eigenvalue weighted by Gasteiger charge is -2.43. The van der Waals surface area contributed by atoms with E-state index in [-0.39, 0.29) is 9.78 Å². The third kappa shape index (κ3) is 10.9. The molecule has 2 aliphatic rings. The van der Waals surface area contributed by atoms with Gasteiger partial charge in [-0.25, -0.2) is 8.42 Å². The maximum atomic E-state index is 12.5. The second kappa shape index (κ2) is 18.3. The van der Waals surface area contributed by atoms with Crippen LogP contribution in [0.2, 0.25) is 0 Å². The maximum Gasteiger partial charge on any atom is 0.193 e. The number of rotatable bonds is 6. The van der Waals surface area contributed by atoms with E-state index in [1.165, 1.54) is 35.1 Å². The van der Waals surface area contributed by atoms with E-state index < -0.39 is 14.6 Å². The summed E-state index contributed by atoms with van der Waals surface area (Å²) in [7, 11) is -3.48. The van der Waals surface area contributed by atoms with E-state index in [0.29, 0.717) is 12.3 Å². The molecule has 0 amide bonds. The first-order valence-corrected chi connectivity index (χ1v) is 16.5. The van der Waals surface area contributed by atoms with Gasteiger partial charge in [0.1, 0.15) is 4.36 Å². The molecule has 37 heavy (non-hydrogen) atoms. The molecule has 0 aliphatic heterocycles.